The molecule has 48 heavy (non-hydrogen) atoms. The van der Waals surface area contributed by atoms with Gasteiger partial charge in [-0.3, -0.25) is 4.79 Å². The fourth-order valence-corrected chi connectivity index (χ4v) is 7.60. The summed E-state index contributed by atoms with van der Waals surface area (Å²) in [5.41, 5.74) is 2.82. The number of rotatable bonds is 7. The van der Waals surface area contributed by atoms with E-state index in [4.69, 9.17) is 5.26 Å². The highest BCUT2D eigenvalue weighted by Crippen LogP contribution is 2.45. The van der Waals surface area contributed by atoms with Crippen molar-refractivity contribution in [2.45, 2.75) is 9.07 Å². The molecule has 0 aliphatic carbocycles. The molecule has 0 N–H and O–H groups in total. The molecule has 1 unspecified atom stereocenters. The van der Waals surface area contributed by atoms with Gasteiger partial charge in [0.15, 0.2) is 4.18 Å². The summed E-state index contributed by atoms with van der Waals surface area (Å²) in [6.45, 7) is 0. The molecule has 0 spiro atoms. The highest BCUT2D eigenvalue weighted by Gasteiger charge is 2.30. The number of aromatic nitrogens is 1. The molecule has 1 atom stereocenters. The minimum atomic E-state index is -4.45. The first-order valence-electron chi connectivity index (χ1n) is 14.2. The maximum absolute atomic E-state index is 14.9. The summed E-state index contributed by atoms with van der Waals surface area (Å²) in [5.74, 6) is -1.43. The zero-order chi connectivity index (χ0) is 34.2. The van der Waals surface area contributed by atoms with Crippen molar-refractivity contribution in [1.29, 1.82) is 15.8 Å². The topological polar surface area (TPSA) is 128 Å². The molecule has 1 aromatic heterocycles. The minimum absolute atomic E-state index is 0.0465. The van der Waals surface area contributed by atoms with Crippen molar-refractivity contribution < 1.29 is 22.0 Å². The monoisotopic (exact) mass is 764 g/mol. The molecular weight excluding hydrogens is 745 g/mol. The molecule has 0 saturated carbocycles. The lowest BCUT2D eigenvalue weighted by Crippen LogP contribution is -2.14. The predicted octanol–water partition coefficient (Wildman–Crippen LogP) is 8.87. The van der Waals surface area contributed by atoms with Crippen molar-refractivity contribution >= 4 is 49.3 Å². The third-order valence-electron chi connectivity index (χ3n) is 7.82. The summed E-state index contributed by atoms with van der Waals surface area (Å²) in [6.07, 6.45) is 0. The van der Waals surface area contributed by atoms with Crippen LogP contribution in [-0.2, 0) is 10.0 Å². The van der Waals surface area contributed by atoms with Crippen LogP contribution in [0.4, 0.5) is 8.78 Å². The minimum Gasteiger partial charge on any atom is -0.277 e. The second-order valence-electron chi connectivity index (χ2n) is 10.6. The molecule has 0 amide bonds. The van der Waals surface area contributed by atoms with Gasteiger partial charge in [0, 0.05) is 27.6 Å². The molecule has 11 heteroatoms. The van der Waals surface area contributed by atoms with Gasteiger partial charge >= 0.3 is 0 Å². The van der Waals surface area contributed by atoms with Crippen molar-refractivity contribution in [3.05, 3.63) is 137 Å². The van der Waals surface area contributed by atoms with E-state index in [2.05, 4.69) is 12.1 Å². The van der Waals surface area contributed by atoms with Crippen LogP contribution in [0.15, 0.2) is 114 Å². The number of halogens is 3. The molecule has 6 rings (SSSR count). The summed E-state index contributed by atoms with van der Waals surface area (Å²) < 4.78 is 57.9. The van der Waals surface area contributed by atoms with Gasteiger partial charge in [-0.2, -0.15) is 15.8 Å². The van der Waals surface area contributed by atoms with E-state index in [9.17, 15) is 32.5 Å². The maximum Gasteiger partial charge on any atom is 0.268 e. The average Bonchev–Trinajstić information content (AvgIpc) is 3.45. The van der Waals surface area contributed by atoms with Gasteiger partial charge in [0.1, 0.15) is 11.9 Å². The Hall–Kier alpha value is -5.68. The number of fused-ring (bicyclic) bond motifs is 1. The van der Waals surface area contributed by atoms with E-state index in [0.717, 1.165) is 10.0 Å². The van der Waals surface area contributed by atoms with E-state index < -0.39 is 25.8 Å². The van der Waals surface area contributed by atoms with E-state index in [1.807, 2.05) is 0 Å². The molecule has 0 aliphatic heterocycles. The molecule has 7 nitrogen and oxygen atoms in total. The quantitative estimate of drug-likeness (QED) is 0.0692. The summed E-state index contributed by atoms with van der Waals surface area (Å²) in [5, 5.41) is 29.3. The fraction of sp³-hybridized carbons (Fsp3) is 0.0270. The van der Waals surface area contributed by atoms with E-state index in [1.165, 1.54) is 60.7 Å². The van der Waals surface area contributed by atoms with Gasteiger partial charge in [-0.25, -0.2) is 21.2 Å². The number of Topliss-reactive ketones (excluding diaryl/α,β-unsaturated/α-hetero) is 1. The highest BCUT2D eigenvalue weighted by atomic mass is 127. The molecule has 6 aromatic rings. The van der Waals surface area contributed by atoms with Crippen LogP contribution < -0.4 is 0 Å². The van der Waals surface area contributed by atoms with Gasteiger partial charge in [-0.05, 0) is 93.9 Å². The Kier molecular flexibility index (Phi) is 8.63. The molecule has 0 fully saturated rings. The van der Waals surface area contributed by atoms with Crippen molar-refractivity contribution in [3.63, 3.8) is 0 Å². The molecule has 0 saturated heterocycles. The zero-order valence-corrected chi connectivity index (χ0v) is 27.5. The van der Waals surface area contributed by atoms with Crippen LogP contribution in [0.2, 0.25) is 0 Å². The third-order valence-corrected chi connectivity index (χ3v) is 10.3. The number of hydrogen-bond acceptors (Lipinski definition) is 6. The Morgan fingerprint density at radius 3 is 2.17 bits per heavy atom. The van der Waals surface area contributed by atoms with Crippen molar-refractivity contribution in [2.75, 3.05) is 0 Å². The van der Waals surface area contributed by atoms with E-state index in [-0.39, 0.29) is 49.3 Å². The summed E-state index contributed by atoms with van der Waals surface area (Å²) in [6, 6.07) is 32.3. The van der Waals surface area contributed by atoms with E-state index in [0.29, 0.717) is 22.3 Å². The highest BCUT2D eigenvalue weighted by molar-refractivity contribution is 14.1. The average molecular weight is 765 g/mol. The van der Waals surface area contributed by atoms with Crippen LogP contribution in [0.5, 0.6) is 0 Å². The fourth-order valence-electron chi connectivity index (χ4n) is 5.64. The van der Waals surface area contributed by atoms with Crippen LogP contribution in [0.1, 0.15) is 31.2 Å². The van der Waals surface area contributed by atoms with Crippen molar-refractivity contribution in [2.24, 2.45) is 0 Å². The predicted molar refractivity (Wildman–Crippen MR) is 184 cm³/mol. The normalized spacial score (nSPS) is 11.8. The van der Waals surface area contributed by atoms with Gasteiger partial charge in [0.05, 0.1) is 39.4 Å². The number of nitriles is 3. The number of alkyl halides is 2. The first kappa shape index (κ1) is 32.3. The Bertz CT molecular complexity index is 2520. The summed E-state index contributed by atoms with van der Waals surface area (Å²) in [4.78, 5) is 11.9. The molecule has 0 radical (unpaired) electrons. The molecule has 1 heterocycles. The van der Waals surface area contributed by atoms with Gasteiger partial charge in [-0.15, -0.1) is 0 Å². The van der Waals surface area contributed by atoms with Gasteiger partial charge < -0.3 is 0 Å². The summed E-state index contributed by atoms with van der Waals surface area (Å²) in [7, 11) is -4.45. The van der Waals surface area contributed by atoms with E-state index >= 15 is 0 Å². The molecule has 0 bridgehead atoms. The Balaban J connectivity index is 1.71. The van der Waals surface area contributed by atoms with Crippen molar-refractivity contribution in [1.82, 2.24) is 3.97 Å². The second kappa shape index (κ2) is 12.8. The largest absolute Gasteiger partial charge is 0.277 e. The molecule has 5 aromatic carbocycles. The maximum atomic E-state index is 14.9. The first-order chi connectivity index (χ1) is 23.1. The number of hydrogen-bond donors (Lipinski definition) is 0. The molecule has 0 aliphatic rings. The SMILES string of the molecule is N#CC(=O)c1ccc(-c2cccc(-c3c(-c4ccccc4C#N)c4cc(F)ccc4n3S(=O)(=O)c3ccc(C(F)I)cc3)c2)c(C#N)c1. The van der Waals surface area contributed by atoms with Gasteiger partial charge in [-0.1, -0.05) is 54.6 Å². The van der Waals surface area contributed by atoms with Crippen LogP contribution in [-0.4, -0.2) is 18.2 Å². The number of ketones is 1. The second-order valence-corrected chi connectivity index (χ2v) is 13.5. The van der Waals surface area contributed by atoms with Crippen LogP contribution in [0.3, 0.4) is 0 Å². The summed E-state index contributed by atoms with van der Waals surface area (Å²) >= 11 is 1.58. The smallest absolute Gasteiger partial charge is 0.268 e. The Morgan fingerprint density at radius 2 is 1.48 bits per heavy atom. The van der Waals surface area contributed by atoms with Crippen LogP contribution in [0, 0.1) is 39.8 Å². The van der Waals surface area contributed by atoms with Crippen LogP contribution in [0.25, 0.3) is 44.4 Å². The lowest BCUT2D eigenvalue weighted by molar-refractivity contribution is 0.105. The van der Waals surface area contributed by atoms with Crippen molar-refractivity contribution in [3.8, 4) is 51.7 Å². The molecular formula is C37H19F2IN4O3S. The van der Waals surface area contributed by atoms with Crippen LogP contribution >= 0.6 is 22.6 Å². The lowest BCUT2D eigenvalue weighted by atomic mass is 9.92. The molecule has 232 valence electrons. The third kappa shape index (κ3) is 5.62. The first-order valence-corrected chi connectivity index (χ1v) is 16.8. The lowest BCUT2D eigenvalue weighted by Gasteiger charge is -2.16. The van der Waals surface area contributed by atoms with Gasteiger partial charge in [0.25, 0.3) is 15.8 Å². The zero-order valence-electron chi connectivity index (χ0n) is 24.5. The Morgan fingerprint density at radius 1 is 0.771 bits per heavy atom. The number of nitrogens with zero attached hydrogens (tertiary/aromatic N) is 4. The van der Waals surface area contributed by atoms with E-state index in [1.54, 1.807) is 71.1 Å². The standard InChI is InChI=1S/C37H19F2IN4O3S/c38-28-11-15-33-32(18-28)35(31-7-2-1-4-26(31)19-41)36(44(33)48(46,47)29-12-8-22(9-13-29)37(39)40)25-6-3-5-23(16-25)30-14-10-24(34(45)21-43)17-27(30)20-42/h1-18,37H. The number of benzene rings is 5. The Labute approximate surface area is 287 Å². The number of carbonyl (C=O) groups excluding carboxylic acids is 1. The van der Waals surface area contributed by atoms with Gasteiger partial charge in [0.2, 0.25) is 0 Å². The number of carbonyl (C=O) groups is 1.